The summed E-state index contributed by atoms with van der Waals surface area (Å²) in [5.41, 5.74) is 0.227. The summed E-state index contributed by atoms with van der Waals surface area (Å²) in [6.07, 6.45) is 3.01. The summed E-state index contributed by atoms with van der Waals surface area (Å²) in [4.78, 5) is 90.7. The van der Waals surface area contributed by atoms with Gasteiger partial charge in [0.25, 0.3) is 5.91 Å². The second kappa shape index (κ2) is 17.0. The number of aromatic nitrogens is 3. The molecule has 0 aliphatic carbocycles. The number of nitrogens with one attached hydrogen (secondary N) is 4. The van der Waals surface area contributed by atoms with Crippen LogP contribution in [0, 0.1) is 11.8 Å². The van der Waals surface area contributed by atoms with Gasteiger partial charge in [-0.3, -0.25) is 29.5 Å². The summed E-state index contributed by atoms with van der Waals surface area (Å²) < 4.78 is 5.54. The third-order valence-electron chi connectivity index (χ3n) is 7.33. The first-order valence-corrected chi connectivity index (χ1v) is 15.7. The molecule has 2 aromatic rings. The molecule has 5 atom stereocenters. The van der Waals surface area contributed by atoms with Crippen LogP contribution in [0.5, 0.6) is 0 Å². The Kier molecular flexibility index (Phi) is 13.4. The number of pyridine rings is 1. The molecular weight excluding hydrogens is 655 g/mol. The van der Waals surface area contributed by atoms with Gasteiger partial charge in [0, 0.05) is 18.8 Å². The Hall–Kier alpha value is -4.37. The number of halogens is 2. The molecule has 0 saturated carbocycles. The highest BCUT2D eigenvalue weighted by Gasteiger charge is 2.45. The molecule has 0 aromatic carbocycles. The maximum Gasteiger partial charge on any atom is 0.411 e. The quantitative estimate of drug-likeness (QED) is 0.178. The lowest BCUT2D eigenvalue weighted by molar-refractivity contribution is -0.143. The van der Waals surface area contributed by atoms with Gasteiger partial charge in [-0.05, 0) is 30.4 Å². The van der Waals surface area contributed by atoms with E-state index in [1.165, 1.54) is 35.6 Å². The first-order chi connectivity index (χ1) is 22.2. The van der Waals surface area contributed by atoms with Crippen LogP contribution in [0.15, 0.2) is 30.7 Å². The molecule has 15 nitrogen and oxygen atoms in total. The Labute approximate surface area is 281 Å². The lowest BCUT2D eigenvalue weighted by Gasteiger charge is -2.32. The van der Waals surface area contributed by atoms with E-state index >= 15 is 0 Å². The number of carbonyl (C=O) groups excluding carboxylic acids is 6. The predicted octanol–water partition coefficient (Wildman–Crippen LogP) is 2.39. The van der Waals surface area contributed by atoms with Crippen LogP contribution >= 0.6 is 23.2 Å². The first-order valence-electron chi connectivity index (χ1n) is 15.0. The summed E-state index contributed by atoms with van der Waals surface area (Å²) in [6.45, 7) is 8.41. The second-order valence-electron chi connectivity index (χ2n) is 11.6. The zero-order valence-corrected chi connectivity index (χ0v) is 28.0. The number of ether oxygens (including phenoxy) is 1. The van der Waals surface area contributed by atoms with Crippen LogP contribution in [0.4, 0.5) is 10.5 Å². The molecule has 17 heteroatoms. The monoisotopic (exact) mass is 692 g/mol. The van der Waals surface area contributed by atoms with E-state index in [9.17, 15) is 28.8 Å². The van der Waals surface area contributed by atoms with E-state index in [1.54, 1.807) is 34.6 Å². The summed E-state index contributed by atoms with van der Waals surface area (Å²) in [6, 6.07) is -1.38. The van der Waals surface area contributed by atoms with Gasteiger partial charge in [-0.2, -0.15) is 0 Å². The van der Waals surface area contributed by atoms with E-state index in [-0.39, 0.29) is 40.6 Å². The second-order valence-corrected chi connectivity index (χ2v) is 12.3. The molecule has 1 aliphatic rings. The van der Waals surface area contributed by atoms with Crippen molar-refractivity contribution in [3.63, 3.8) is 0 Å². The molecule has 4 N–H and O–H groups in total. The molecule has 1 fully saturated rings. The molecule has 0 bridgehead atoms. The minimum atomic E-state index is -1.13. The van der Waals surface area contributed by atoms with Crippen molar-refractivity contribution in [1.82, 2.24) is 35.8 Å². The summed E-state index contributed by atoms with van der Waals surface area (Å²) >= 11 is 11.8. The fourth-order valence-electron chi connectivity index (χ4n) is 4.82. The average molecular weight is 694 g/mol. The third kappa shape index (κ3) is 10.3. The minimum absolute atomic E-state index is 0.0132. The van der Waals surface area contributed by atoms with Crippen molar-refractivity contribution in [3.05, 3.63) is 46.7 Å². The standard InChI is InChI=1S/C30H38Cl2N8O7/c1-6-17(14-41)35-27(43)21-11-19(47-30(46)36-18-9-22(31)37-23(32)10-18)13-40(21)29(45)25(16(4)5)39-28(44)24(15(2)3)38-26(42)20-12-33-7-8-34-20/h7-10,12,14-17,19,21,24-25H,6,11,13H2,1-5H3,(H,35,43)(H,38,42)(H,39,44)(H,36,37,46)/t17-,19+,21-,24-,25-/m0/s1. The van der Waals surface area contributed by atoms with Crippen molar-refractivity contribution in [2.75, 3.05) is 11.9 Å². The van der Waals surface area contributed by atoms with Crippen LogP contribution in [0.3, 0.4) is 0 Å². The van der Waals surface area contributed by atoms with E-state index in [4.69, 9.17) is 27.9 Å². The molecule has 5 amide bonds. The molecule has 254 valence electrons. The largest absolute Gasteiger partial charge is 0.444 e. The topological polar surface area (TPSA) is 202 Å². The van der Waals surface area contributed by atoms with Gasteiger partial charge < -0.3 is 30.4 Å². The number of likely N-dealkylation sites (tertiary alicyclic amines) is 1. The lowest BCUT2D eigenvalue weighted by atomic mass is 9.98. The van der Waals surface area contributed by atoms with Gasteiger partial charge in [-0.15, -0.1) is 0 Å². The Morgan fingerprint density at radius 1 is 1.00 bits per heavy atom. The molecule has 2 aromatic heterocycles. The molecule has 3 heterocycles. The van der Waals surface area contributed by atoms with Crippen molar-refractivity contribution >= 4 is 64.9 Å². The highest BCUT2D eigenvalue weighted by molar-refractivity contribution is 6.33. The smallest absolute Gasteiger partial charge is 0.411 e. The van der Waals surface area contributed by atoms with Crippen LogP contribution in [0.2, 0.25) is 10.3 Å². The van der Waals surface area contributed by atoms with Gasteiger partial charge in [-0.25, -0.2) is 14.8 Å². The fourth-order valence-corrected chi connectivity index (χ4v) is 5.28. The van der Waals surface area contributed by atoms with E-state index in [2.05, 4.69) is 36.2 Å². The fraction of sp³-hybridized carbons (Fsp3) is 0.500. The van der Waals surface area contributed by atoms with Crippen LogP contribution < -0.4 is 21.3 Å². The highest BCUT2D eigenvalue weighted by atomic mass is 35.5. The van der Waals surface area contributed by atoms with E-state index in [0.717, 1.165) is 0 Å². The number of nitrogens with zero attached hydrogens (tertiary/aromatic N) is 4. The number of rotatable bonds is 13. The van der Waals surface area contributed by atoms with E-state index < -0.39 is 65.9 Å². The van der Waals surface area contributed by atoms with E-state index in [0.29, 0.717) is 12.7 Å². The molecule has 0 unspecified atom stereocenters. The molecule has 0 radical (unpaired) electrons. The van der Waals surface area contributed by atoms with Crippen LogP contribution in [0.25, 0.3) is 0 Å². The molecule has 1 aliphatic heterocycles. The van der Waals surface area contributed by atoms with E-state index in [1.807, 2.05) is 0 Å². The van der Waals surface area contributed by atoms with Gasteiger partial charge in [-0.1, -0.05) is 57.8 Å². The number of hydrogen-bond acceptors (Lipinski definition) is 10. The van der Waals surface area contributed by atoms with Crippen molar-refractivity contribution in [1.29, 1.82) is 0 Å². The maximum atomic E-state index is 14.1. The van der Waals surface area contributed by atoms with Crippen LogP contribution in [0.1, 0.15) is 57.9 Å². The number of carbonyl (C=O) groups is 6. The molecular formula is C30H38Cl2N8O7. The summed E-state index contributed by atoms with van der Waals surface area (Å²) in [5, 5.41) is 10.5. The third-order valence-corrected chi connectivity index (χ3v) is 7.71. The number of hydrogen-bond donors (Lipinski definition) is 4. The van der Waals surface area contributed by atoms with Gasteiger partial charge in [0.05, 0.1) is 24.5 Å². The van der Waals surface area contributed by atoms with Gasteiger partial charge >= 0.3 is 6.09 Å². The Balaban J connectivity index is 1.81. The Morgan fingerprint density at radius 3 is 2.21 bits per heavy atom. The normalized spacial score (nSPS) is 17.8. The molecule has 0 spiro atoms. The number of anilines is 1. The SMILES string of the molecule is CC[C@@H](C=O)NC(=O)[C@@H]1C[C@@H](OC(=O)Nc2cc(Cl)nc(Cl)c2)CN1C(=O)[C@@H](NC(=O)[C@@H](NC(=O)c1cnccn1)C(C)C)C(C)C. The van der Waals surface area contributed by atoms with Crippen molar-refractivity contribution in [3.8, 4) is 0 Å². The van der Waals surface area contributed by atoms with Crippen molar-refractivity contribution in [2.45, 2.75) is 77.7 Å². The van der Waals surface area contributed by atoms with Crippen molar-refractivity contribution in [2.24, 2.45) is 11.8 Å². The Bertz CT molecular complexity index is 1440. The average Bonchev–Trinajstić information content (AvgIpc) is 3.43. The zero-order valence-electron chi connectivity index (χ0n) is 26.5. The van der Waals surface area contributed by atoms with Crippen molar-refractivity contribution < 1.29 is 33.5 Å². The predicted molar refractivity (Wildman–Crippen MR) is 171 cm³/mol. The Morgan fingerprint density at radius 2 is 1.66 bits per heavy atom. The van der Waals surface area contributed by atoms with Crippen LogP contribution in [-0.4, -0.2) is 92.7 Å². The number of aldehydes is 1. The maximum absolute atomic E-state index is 14.1. The number of amides is 5. The zero-order chi connectivity index (χ0) is 34.8. The summed E-state index contributed by atoms with van der Waals surface area (Å²) in [7, 11) is 0. The van der Waals surface area contributed by atoms with Gasteiger partial charge in [0.2, 0.25) is 17.7 Å². The first kappa shape index (κ1) is 37.1. The van der Waals surface area contributed by atoms with Gasteiger partial charge in [0.1, 0.15) is 46.5 Å². The summed E-state index contributed by atoms with van der Waals surface area (Å²) in [5.74, 6) is -3.32. The molecule has 1 saturated heterocycles. The molecule has 3 rings (SSSR count). The van der Waals surface area contributed by atoms with Gasteiger partial charge in [0.15, 0.2) is 0 Å². The molecule has 47 heavy (non-hydrogen) atoms. The lowest BCUT2D eigenvalue weighted by Crippen LogP contribution is -2.59. The highest BCUT2D eigenvalue weighted by Crippen LogP contribution is 2.25. The minimum Gasteiger partial charge on any atom is -0.444 e. The van der Waals surface area contributed by atoms with Crippen LogP contribution in [-0.2, 0) is 23.9 Å².